The molecule has 0 unspecified atom stereocenters. The maximum Gasteiger partial charge on any atom is 0.161 e. The van der Waals surface area contributed by atoms with E-state index in [0.29, 0.717) is 17.9 Å². The van der Waals surface area contributed by atoms with Crippen LogP contribution in [0.15, 0.2) is 23.8 Å². The predicted molar refractivity (Wildman–Crippen MR) is 70.0 cm³/mol. The lowest BCUT2D eigenvalue weighted by atomic mass is 9.51. The van der Waals surface area contributed by atoms with Gasteiger partial charge in [-0.15, -0.1) is 0 Å². The van der Waals surface area contributed by atoms with Crippen LogP contribution in [0.2, 0.25) is 0 Å². The Bertz CT molecular complexity index is 397. The second kappa shape index (κ2) is 4.98. The zero-order chi connectivity index (χ0) is 13.3. The van der Waals surface area contributed by atoms with Crippen LogP contribution in [0.1, 0.15) is 32.6 Å². The van der Waals surface area contributed by atoms with Crippen LogP contribution in [0.25, 0.3) is 0 Å². The van der Waals surface area contributed by atoms with Crippen LogP contribution in [0.4, 0.5) is 0 Å². The van der Waals surface area contributed by atoms with E-state index in [9.17, 15) is 15.0 Å². The number of ketones is 1. The van der Waals surface area contributed by atoms with Crippen LogP contribution in [-0.2, 0) is 4.79 Å². The molecule has 100 valence electrons. The molecule has 0 aromatic heterocycles. The van der Waals surface area contributed by atoms with Crippen molar-refractivity contribution in [1.82, 2.24) is 0 Å². The van der Waals surface area contributed by atoms with E-state index in [-0.39, 0.29) is 30.3 Å². The Morgan fingerprint density at radius 1 is 1.50 bits per heavy atom. The Balaban J connectivity index is 2.23. The molecule has 0 bridgehead atoms. The first-order chi connectivity index (χ1) is 8.51. The van der Waals surface area contributed by atoms with E-state index in [4.69, 9.17) is 0 Å². The van der Waals surface area contributed by atoms with Crippen molar-refractivity contribution in [3.05, 3.63) is 23.8 Å². The Morgan fingerprint density at radius 3 is 2.83 bits per heavy atom. The topological polar surface area (TPSA) is 57.5 Å². The summed E-state index contributed by atoms with van der Waals surface area (Å²) in [5.74, 6) is 0.565. The van der Waals surface area contributed by atoms with Gasteiger partial charge in [0.2, 0.25) is 0 Å². The summed E-state index contributed by atoms with van der Waals surface area (Å²) in [7, 11) is 0. The lowest BCUT2D eigenvalue weighted by molar-refractivity contribution is -0.123. The van der Waals surface area contributed by atoms with E-state index in [2.05, 4.69) is 6.58 Å². The number of Topliss-reactive ketones (excluding diaryl/α,β-unsaturated/α-hetero) is 1. The molecule has 3 nitrogen and oxygen atoms in total. The fourth-order valence-electron chi connectivity index (χ4n) is 3.34. The van der Waals surface area contributed by atoms with Crippen LogP contribution in [0, 0.1) is 17.3 Å². The van der Waals surface area contributed by atoms with Gasteiger partial charge in [-0.2, -0.15) is 0 Å². The van der Waals surface area contributed by atoms with Gasteiger partial charge in [0.1, 0.15) is 0 Å². The summed E-state index contributed by atoms with van der Waals surface area (Å²) in [6.45, 7) is 6.10. The second-order valence-electron chi connectivity index (χ2n) is 5.94. The van der Waals surface area contributed by atoms with E-state index in [0.717, 1.165) is 19.3 Å². The Hall–Kier alpha value is -0.930. The minimum Gasteiger partial charge on any atom is -0.396 e. The number of rotatable bonds is 2. The van der Waals surface area contributed by atoms with Gasteiger partial charge in [0.25, 0.3) is 0 Å². The largest absolute Gasteiger partial charge is 0.396 e. The van der Waals surface area contributed by atoms with Crippen molar-refractivity contribution in [1.29, 1.82) is 0 Å². The highest BCUT2D eigenvalue weighted by Gasteiger charge is 2.51. The number of aliphatic hydroxyl groups excluding tert-OH is 2. The van der Waals surface area contributed by atoms with Gasteiger partial charge in [0.15, 0.2) is 5.78 Å². The van der Waals surface area contributed by atoms with Crippen LogP contribution >= 0.6 is 0 Å². The number of allylic oxidation sites excluding steroid dienone is 2. The highest BCUT2D eigenvalue weighted by Crippen LogP contribution is 2.56. The molecule has 2 aliphatic rings. The fraction of sp³-hybridized carbons (Fsp3) is 0.667. The van der Waals surface area contributed by atoms with Crippen LogP contribution in [0.3, 0.4) is 0 Å². The van der Waals surface area contributed by atoms with Crippen LogP contribution in [0.5, 0.6) is 0 Å². The van der Waals surface area contributed by atoms with Crippen molar-refractivity contribution in [3.8, 4) is 0 Å². The molecule has 18 heavy (non-hydrogen) atoms. The molecule has 0 amide bonds. The molecule has 0 aromatic rings. The summed E-state index contributed by atoms with van der Waals surface area (Å²) < 4.78 is 0. The maximum absolute atomic E-state index is 12.1. The summed E-state index contributed by atoms with van der Waals surface area (Å²) in [6, 6.07) is 0. The molecule has 1 saturated carbocycles. The lowest BCUT2D eigenvalue weighted by Crippen LogP contribution is -2.49. The first-order valence-electron chi connectivity index (χ1n) is 6.63. The molecule has 0 radical (unpaired) electrons. The van der Waals surface area contributed by atoms with E-state index >= 15 is 0 Å². The molecule has 0 spiro atoms. The van der Waals surface area contributed by atoms with Crippen molar-refractivity contribution >= 4 is 5.78 Å². The monoisotopic (exact) mass is 250 g/mol. The third-order valence-electron chi connectivity index (χ3n) is 4.74. The molecule has 2 rings (SSSR count). The molecule has 2 aliphatic carbocycles. The van der Waals surface area contributed by atoms with Gasteiger partial charge in [-0.25, -0.2) is 0 Å². The molecule has 3 atom stereocenters. The first-order valence-corrected chi connectivity index (χ1v) is 6.63. The van der Waals surface area contributed by atoms with Gasteiger partial charge in [-0.05, 0) is 36.5 Å². The van der Waals surface area contributed by atoms with E-state index in [1.165, 1.54) is 5.57 Å². The van der Waals surface area contributed by atoms with Crippen molar-refractivity contribution in [2.75, 3.05) is 13.2 Å². The number of carbonyl (C=O) groups excluding carboxylic acids is 1. The van der Waals surface area contributed by atoms with Gasteiger partial charge < -0.3 is 10.2 Å². The average molecular weight is 250 g/mol. The third-order valence-corrected chi connectivity index (χ3v) is 4.74. The summed E-state index contributed by atoms with van der Waals surface area (Å²) in [4.78, 5) is 12.1. The Morgan fingerprint density at radius 2 is 2.22 bits per heavy atom. The second-order valence-corrected chi connectivity index (χ2v) is 5.94. The zero-order valence-corrected chi connectivity index (χ0v) is 11.0. The number of carbonyl (C=O) groups is 1. The summed E-state index contributed by atoms with van der Waals surface area (Å²) in [5.41, 5.74) is 1.55. The van der Waals surface area contributed by atoms with Gasteiger partial charge in [0.05, 0.1) is 6.61 Å². The molecular formula is C15H22O3. The predicted octanol–water partition coefficient (Wildman–Crippen LogP) is 1.85. The molecule has 0 saturated heterocycles. The fourth-order valence-corrected chi connectivity index (χ4v) is 3.34. The Kier molecular flexibility index (Phi) is 3.74. The molecule has 1 fully saturated rings. The lowest BCUT2D eigenvalue weighted by Gasteiger charge is -2.53. The average Bonchev–Trinajstić information content (AvgIpc) is 2.40. The van der Waals surface area contributed by atoms with Crippen molar-refractivity contribution in [2.45, 2.75) is 32.6 Å². The van der Waals surface area contributed by atoms with Crippen LogP contribution in [-0.4, -0.2) is 29.2 Å². The first kappa shape index (κ1) is 13.5. The highest BCUT2D eigenvalue weighted by atomic mass is 16.3. The van der Waals surface area contributed by atoms with E-state index in [1.54, 1.807) is 0 Å². The summed E-state index contributed by atoms with van der Waals surface area (Å²) in [6.07, 6.45) is 4.84. The molecule has 0 heterocycles. The molecule has 0 aliphatic heterocycles. The number of aliphatic hydroxyl groups is 2. The van der Waals surface area contributed by atoms with Gasteiger partial charge in [0, 0.05) is 18.6 Å². The van der Waals surface area contributed by atoms with Gasteiger partial charge in [-0.3, -0.25) is 4.79 Å². The van der Waals surface area contributed by atoms with Gasteiger partial charge >= 0.3 is 0 Å². The quantitative estimate of drug-likeness (QED) is 0.735. The third kappa shape index (κ3) is 2.17. The normalized spacial score (nSPS) is 39.8. The summed E-state index contributed by atoms with van der Waals surface area (Å²) >= 11 is 0. The molecule has 3 heteroatoms. The summed E-state index contributed by atoms with van der Waals surface area (Å²) in [5, 5.41) is 18.7. The van der Waals surface area contributed by atoms with Crippen molar-refractivity contribution < 1.29 is 15.0 Å². The highest BCUT2D eigenvalue weighted by molar-refractivity contribution is 5.95. The number of fused-ring (bicyclic) bond motifs is 1. The SMILES string of the molecule is C=C1CC/C=C(/CO)C(=O)C[C@@H]2[C@@H]1C[C@@]2(C)CO. The van der Waals surface area contributed by atoms with Gasteiger partial charge in [-0.1, -0.05) is 25.2 Å². The Labute approximate surface area is 108 Å². The van der Waals surface area contributed by atoms with E-state index in [1.807, 2.05) is 13.0 Å². The smallest absolute Gasteiger partial charge is 0.161 e. The standard InChI is InChI=1S/C15H22O3/c1-10-4-3-5-11(8-16)14(18)6-13-12(10)7-15(13,2)9-17/h5,12-13,16-17H,1,3-4,6-9H2,2H3/b11-5-/t12-,13-,15+/m1/s1. The van der Waals surface area contributed by atoms with Crippen LogP contribution < -0.4 is 0 Å². The van der Waals surface area contributed by atoms with Crippen molar-refractivity contribution in [3.63, 3.8) is 0 Å². The minimum atomic E-state index is -0.182. The molecule has 2 N–H and O–H groups in total. The maximum atomic E-state index is 12.1. The van der Waals surface area contributed by atoms with E-state index < -0.39 is 0 Å². The number of hydrogen-bond donors (Lipinski definition) is 2. The van der Waals surface area contributed by atoms with Crippen molar-refractivity contribution in [2.24, 2.45) is 17.3 Å². The minimum absolute atomic E-state index is 0.0292. The molecule has 0 aromatic carbocycles. The zero-order valence-electron chi connectivity index (χ0n) is 11.0. The molecular weight excluding hydrogens is 228 g/mol. The number of hydrogen-bond acceptors (Lipinski definition) is 3.